The molecule has 11 aromatic rings. The maximum absolute atomic E-state index is 6.22. The van der Waals surface area contributed by atoms with Crippen molar-refractivity contribution >= 4 is 65.3 Å². The number of aromatic nitrogens is 5. The average Bonchev–Trinajstić information content (AvgIpc) is 3.77. The zero-order chi connectivity index (χ0) is 34.2. The first kappa shape index (κ1) is 28.6. The largest absolute Gasteiger partial charge is 0.456 e. The van der Waals surface area contributed by atoms with E-state index in [1.54, 1.807) is 6.20 Å². The summed E-state index contributed by atoms with van der Waals surface area (Å²) in [4.78, 5) is 19.8. The molecule has 6 nitrogen and oxygen atoms in total. The number of fused-ring (bicyclic) bond motifs is 9. The van der Waals surface area contributed by atoms with Crippen LogP contribution in [-0.4, -0.2) is 24.5 Å². The van der Waals surface area contributed by atoms with Gasteiger partial charge in [-0.25, -0.2) is 15.0 Å². The van der Waals surface area contributed by atoms with Crippen LogP contribution >= 0.6 is 0 Å². The number of rotatable bonds is 4. The third kappa shape index (κ3) is 4.38. The maximum atomic E-state index is 6.22. The van der Waals surface area contributed by atoms with Gasteiger partial charge in [-0.05, 0) is 76.1 Å². The molecule has 0 aliphatic rings. The van der Waals surface area contributed by atoms with E-state index in [1.807, 2.05) is 30.5 Å². The molecular weight excluding hydrogens is 639 g/mol. The summed E-state index contributed by atoms with van der Waals surface area (Å²) in [5.41, 5.74) is 7.61. The summed E-state index contributed by atoms with van der Waals surface area (Å²) in [5.74, 6) is 1.77. The zero-order valence-corrected chi connectivity index (χ0v) is 27.7. The molecule has 6 heteroatoms. The molecule has 11 rings (SSSR count). The van der Waals surface area contributed by atoms with Gasteiger partial charge in [-0.3, -0.25) is 4.98 Å². The zero-order valence-electron chi connectivity index (χ0n) is 27.7. The summed E-state index contributed by atoms with van der Waals surface area (Å²) in [6.45, 7) is 0. The summed E-state index contributed by atoms with van der Waals surface area (Å²) in [6, 6.07) is 52.8. The maximum Gasteiger partial charge on any atom is 0.164 e. The molecule has 7 aromatic carbocycles. The molecule has 0 unspecified atom stereocenters. The van der Waals surface area contributed by atoms with E-state index in [9.17, 15) is 0 Å². The van der Waals surface area contributed by atoms with Crippen LogP contribution < -0.4 is 0 Å². The van der Waals surface area contributed by atoms with Crippen LogP contribution in [0.3, 0.4) is 0 Å². The van der Waals surface area contributed by atoms with Gasteiger partial charge in [-0.15, -0.1) is 0 Å². The molecule has 0 saturated carbocycles. The Kier molecular flexibility index (Phi) is 6.15. The first-order valence-corrected chi connectivity index (χ1v) is 17.3. The van der Waals surface area contributed by atoms with Crippen LogP contribution in [0.5, 0.6) is 0 Å². The van der Waals surface area contributed by atoms with Crippen LogP contribution in [0, 0.1) is 0 Å². The van der Waals surface area contributed by atoms with Crippen molar-refractivity contribution in [2.75, 3.05) is 0 Å². The highest BCUT2D eigenvalue weighted by Gasteiger charge is 2.19. The molecule has 242 valence electrons. The normalized spacial score (nSPS) is 11.8. The number of benzene rings is 7. The number of nitrogens with zero attached hydrogens (tertiary/aromatic N) is 5. The van der Waals surface area contributed by atoms with Gasteiger partial charge in [-0.2, -0.15) is 0 Å². The highest BCUT2D eigenvalue weighted by molar-refractivity contribution is 6.12. The molecule has 52 heavy (non-hydrogen) atoms. The predicted octanol–water partition coefficient (Wildman–Crippen LogP) is 11.6. The second-order valence-electron chi connectivity index (χ2n) is 13.1. The Morgan fingerprint density at radius 3 is 1.90 bits per heavy atom. The van der Waals surface area contributed by atoms with Crippen molar-refractivity contribution in [3.05, 3.63) is 164 Å². The first-order valence-electron chi connectivity index (χ1n) is 17.3. The second kappa shape index (κ2) is 11.2. The molecule has 4 heterocycles. The monoisotopic (exact) mass is 665 g/mol. The quantitative estimate of drug-likeness (QED) is 0.175. The molecule has 0 saturated heterocycles. The van der Waals surface area contributed by atoms with Gasteiger partial charge in [0.2, 0.25) is 0 Å². The molecule has 0 aliphatic carbocycles. The Morgan fingerprint density at radius 1 is 0.442 bits per heavy atom. The fourth-order valence-corrected chi connectivity index (χ4v) is 7.72. The lowest BCUT2D eigenvalue weighted by molar-refractivity contribution is 0.668. The highest BCUT2D eigenvalue weighted by atomic mass is 16.3. The third-order valence-electron chi connectivity index (χ3n) is 10.1. The first-order chi connectivity index (χ1) is 25.8. The van der Waals surface area contributed by atoms with Gasteiger partial charge in [0.05, 0.1) is 11.0 Å². The Morgan fingerprint density at radius 2 is 1.10 bits per heavy atom. The standard InChI is InChI=1S/C46H27N5O/c1-2-9-33-28(8-1)16-17-30-26-31(20-23-34(30)33)45-48-44(49-46(50-45)37-12-7-15-42-43(37)38-27-47-25-24-41(38)52-42)29-18-21-32(22-19-29)51-39-13-5-3-10-35(39)36-11-4-6-14-40(36)51/h1-27H. The SMILES string of the molecule is c1ccc2c(c1)ccc1cc(-c3nc(-c4ccc(-n5c6ccccc6c6ccccc65)cc4)nc(-c4cccc5oc6ccncc6c45)n3)ccc12. The Bertz CT molecular complexity index is 3140. The summed E-state index contributed by atoms with van der Waals surface area (Å²) in [6.07, 6.45) is 3.59. The lowest BCUT2D eigenvalue weighted by atomic mass is 10.00. The van der Waals surface area contributed by atoms with Crippen molar-refractivity contribution in [3.8, 4) is 39.9 Å². The number of hydrogen-bond acceptors (Lipinski definition) is 5. The van der Waals surface area contributed by atoms with Crippen LogP contribution in [0.1, 0.15) is 0 Å². The number of para-hydroxylation sites is 2. The molecule has 0 fully saturated rings. The van der Waals surface area contributed by atoms with E-state index in [4.69, 9.17) is 19.4 Å². The lowest BCUT2D eigenvalue weighted by Gasteiger charge is -2.12. The summed E-state index contributed by atoms with van der Waals surface area (Å²) < 4.78 is 8.54. The molecule has 0 N–H and O–H groups in total. The van der Waals surface area contributed by atoms with Crippen LogP contribution in [-0.2, 0) is 0 Å². The topological polar surface area (TPSA) is 69.6 Å². The minimum absolute atomic E-state index is 0.572. The van der Waals surface area contributed by atoms with E-state index in [2.05, 4.69) is 137 Å². The lowest BCUT2D eigenvalue weighted by Crippen LogP contribution is -2.01. The van der Waals surface area contributed by atoms with Crippen LogP contribution in [0.4, 0.5) is 0 Å². The van der Waals surface area contributed by atoms with E-state index >= 15 is 0 Å². The van der Waals surface area contributed by atoms with Gasteiger partial charge in [0.25, 0.3) is 0 Å². The van der Waals surface area contributed by atoms with Crippen molar-refractivity contribution in [1.29, 1.82) is 0 Å². The smallest absolute Gasteiger partial charge is 0.164 e. The summed E-state index contributed by atoms with van der Waals surface area (Å²) in [5, 5.41) is 9.07. The van der Waals surface area contributed by atoms with Crippen molar-refractivity contribution in [2.45, 2.75) is 0 Å². The third-order valence-corrected chi connectivity index (χ3v) is 10.1. The fraction of sp³-hybridized carbons (Fsp3) is 0. The van der Waals surface area contributed by atoms with Gasteiger partial charge < -0.3 is 8.98 Å². The van der Waals surface area contributed by atoms with Crippen LogP contribution in [0.25, 0.3) is 105 Å². The van der Waals surface area contributed by atoms with E-state index in [0.717, 1.165) is 49.7 Å². The van der Waals surface area contributed by atoms with Crippen LogP contribution in [0.2, 0.25) is 0 Å². The predicted molar refractivity (Wildman–Crippen MR) is 211 cm³/mol. The Hall–Kier alpha value is -7.18. The van der Waals surface area contributed by atoms with Gasteiger partial charge in [0.1, 0.15) is 11.2 Å². The molecule has 0 spiro atoms. The van der Waals surface area contributed by atoms with Gasteiger partial charge in [0, 0.05) is 56.3 Å². The van der Waals surface area contributed by atoms with E-state index < -0.39 is 0 Å². The van der Waals surface area contributed by atoms with Crippen molar-refractivity contribution < 1.29 is 4.42 Å². The molecule has 0 amide bonds. The average molecular weight is 666 g/mol. The molecular formula is C46H27N5O. The molecule has 0 bridgehead atoms. The fourth-order valence-electron chi connectivity index (χ4n) is 7.72. The van der Waals surface area contributed by atoms with Crippen molar-refractivity contribution in [3.63, 3.8) is 0 Å². The summed E-state index contributed by atoms with van der Waals surface area (Å²) >= 11 is 0. The molecule has 0 atom stereocenters. The molecule has 0 radical (unpaired) electrons. The van der Waals surface area contributed by atoms with E-state index in [0.29, 0.717) is 17.5 Å². The van der Waals surface area contributed by atoms with Gasteiger partial charge >= 0.3 is 0 Å². The molecule has 0 aliphatic heterocycles. The van der Waals surface area contributed by atoms with Gasteiger partial charge in [-0.1, -0.05) is 97.1 Å². The Labute approximate surface area is 297 Å². The highest BCUT2D eigenvalue weighted by Crippen LogP contribution is 2.37. The second-order valence-corrected chi connectivity index (χ2v) is 13.1. The number of hydrogen-bond donors (Lipinski definition) is 0. The number of pyridine rings is 1. The summed E-state index contributed by atoms with van der Waals surface area (Å²) in [7, 11) is 0. The van der Waals surface area contributed by atoms with Crippen molar-refractivity contribution in [1.82, 2.24) is 24.5 Å². The van der Waals surface area contributed by atoms with Gasteiger partial charge in [0.15, 0.2) is 17.5 Å². The molecule has 4 aromatic heterocycles. The van der Waals surface area contributed by atoms with E-state index in [-0.39, 0.29) is 0 Å². The Balaban J connectivity index is 1.11. The minimum Gasteiger partial charge on any atom is -0.456 e. The van der Waals surface area contributed by atoms with Crippen LogP contribution in [0.15, 0.2) is 168 Å². The van der Waals surface area contributed by atoms with E-state index in [1.165, 1.54) is 38.0 Å². The van der Waals surface area contributed by atoms with Crippen molar-refractivity contribution in [2.24, 2.45) is 0 Å². The minimum atomic E-state index is 0.572. The number of furan rings is 1.